The van der Waals surface area contributed by atoms with Crippen LogP contribution in [0.5, 0.6) is 5.88 Å². The molecule has 0 spiro atoms. The molecule has 0 amide bonds. The third-order valence-corrected chi connectivity index (χ3v) is 4.81. The lowest BCUT2D eigenvalue weighted by Crippen LogP contribution is -2.28. The van der Waals surface area contributed by atoms with E-state index < -0.39 is 23.6 Å². The highest BCUT2D eigenvalue weighted by Gasteiger charge is 2.40. The molecule has 0 saturated heterocycles. The lowest BCUT2D eigenvalue weighted by atomic mass is 9.76. The summed E-state index contributed by atoms with van der Waals surface area (Å²) < 4.78 is 10.6. The van der Waals surface area contributed by atoms with Gasteiger partial charge in [-0.05, 0) is 38.8 Å². The standard InChI is InChI=1S/C21H23ClN4O3/c1-5-8-15-13(11-23)16(12-9-6-7-10-14(12)22)17-18(24-15)25-26-19(17)28-20(27)29-21(2,3)4/h6-7,9-10,13,16H,5,8H2,1-4H3,(H,25,26). The molecule has 152 valence electrons. The van der Waals surface area contributed by atoms with Crippen molar-refractivity contribution in [3.05, 3.63) is 40.4 Å². The fourth-order valence-electron chi connectivity index (χ4n) is 3.37. The van der Waals surface area contributed by atoms with Crippen molar-refractivity contribution in [2.45, 2.75) is 52.1 Å². The molecule has 2 unspecified atom stereocenters. The average molecular weight is 415 g/mol. The fourth-order valence-corrected chi connectivity index (χ4v) is 3.62. The van der Waals surface area contributed by atoms with E-state index in [4.69, 9.17) is 21.1 Å². The van der Waals surface area contributed by atoms with Gasteiger partial charge in [-0.25, -0.2) is 9.79 Å². The number of nitrogens with zero attached hydrogens (tertiary/aromatic N) is 3. The summed E-state index contributed by atoms with van der Waals surface area (Å²) >= 11 is 6.47. The number of aromatic amines is 1. The number of aliphatic imine (C=N–C) groups is 1. The minimum atomic E-state index is -0.874. The minimum absolute atomic E-state index is 0.0405. The van der Waals surface area contributed by atoms with Gasteiger partial charge in [0, 0.05) is 16.7 Å². The number of H-pyrrole nitrogens is 1. The van der Waals surface area contributed by atoms with Crippen LogP contribution in [0.3, 0.4) is 0 Å². The molecule has 1 aromatic carbocycles. The molecule has 2 atom stereocenters. The van der Waals surface area contributed by atoms with Crippen LogP contribution in [-0.2, 0) is 4.74 Å². The predicted molar refractivity (Wildman–Crippen MR) is 110 cm³/mol. The Hall–Kier alpha value is -2.85. The molecule has 8 heteroatoms. The zero-order valence-corrected chi connectivity index (χ0v) is 17.6. The molecule has 0 saturated carbocycles. The van der Waals surface area contributed by atoms with Crippen molar-refractivity contribution < 1.29 is 14.3 Å². The van der Waals surface area contributed by atoms with E-state index in [1.807, 2.05) is 25.1 Å². The molecule has 1 aliphatic rings. The first-order valence-corrected chi connectivity index (χ1v) is 9.83. The summed E-state index contributed by atoms with van der Waals surface area (Å²) in [7, 11) is 0. The van der Waals surface area contributed by atoms with E-state index in [9.17, 15) is 10.1 Å². The largest absolute Gasteiger partial charge is 0.515 e. The van der Waals surface area contributed by atoms with Gasteiger partial charge < -0.3 is 9.47 Å². The van der Waals surface area contributed by atoms with Crippen LogP contribution in [0.4, 0.5) is 10.6 Å². The second-order valence-corrected chi connectivity index (χ2v) is 8.22. The van der Waals surface area contributed by atoms with Crippen LogP contribution in [0.1, 0.15) is 57.6 Å². The lowest BCUT2D eigenvalue weighted by molar-refractivity contribution is 0.0194. The molecule has 3 rings (SSSR count). The molecule has 7 nitrogen and oxygen atoms in total. The van der Waals surface area contributed by atoms with Crippen LogP contribution >= 0.6 is 11.6 Å². The summed E-state index contributed by atoms with van der Waals surface area (Å²) in [6.45, 7) is 7.26. The third-order valence-electron chi connectivity index (χ3n) is 4.46. The van der Waals surface area contributed by atoms with Gasteiger partial charge in [0.05, 0.1) is 17.6 Å². The van der Waals surface area contributed by atoms with Crippen molar-refractivity contribution in [2.75, 3.05) is 0 Å². The first kappa shape index (κ1) is 20.9. The second-order valence-electron chi connectivity index (χ2n) is 7.82. The number of ether oxygens (including phenoxy) is 2. The van der Waals surface area contributed by atoms with Crippen LogP contribution in [0.2, 0.25) is 5.02 Å². The highest BCUT2D eigenvalue weighted by molar-refractivity contribution is 6.31. The molecule has 1 N–H and O–H groups in total. The topological polar surface area (TPSA) is 100 Å². The van der Waals surface area contributed by atoms with Gasteiger partial charge in [-0.2, -0.15) is 5.26 Å². The molecular weight excluding hydrogens is 392 g/mol. The molecule has 2 aromatic rings. The number of carbonyl (C=O) groups excluding carboxylic acids is 1. The van der Waals surface area contributed by atoms with E-state index in [2.05, 4.69) is 21.3 Å². The SMILES string of the molecule is CCCC1=Nc2[nH]nc(OC(=O)OC(C)(C)C)c2C(c2ccccc2Cl)C1C#N. The van der Waals surface area contributed by atoms with E-state index in [0.29, 0.717) is 22.8 Å². The molecule has 29 heavy (non-hydrogen) atoms. The number of fused-ring (bicyclic) bond motifs is 1. The Balaban J connectivity index is 2.10. The van der Waals surface area contributed by atoms with Crippen LogP contribution < -0.4 is 4.74 Å². The highest BCUT2D eigenvalue weighted by Crippen LogP contribution is 2.47. The number of hydrogen-bond donors (Lipinski definition) is 1. The van der Waals surface area contributed by atoms with Crippen LogP contribution in [0.25, 0.3) is 0 Å². The van der Waals surface area contributed by atoms with Gasteiger partial charge in [0.15, 0.2) is 5.82 Å². The minimum Gasteiger partial charge on any atom is -0.428 e. The normalized spacial score (nSPS) is 18.4. The van der Waals surface area contributed by atoms with Crippen LogP contribution in [0, 0.1) is 17.2 Å². The first-order chi connectivity index (χ1) is 13.7. The predicted octanol–water partition coefficient (Wildman–Crippen LogP) is 5.53. The number of nitriles is 1. The molecule has 1 aromatic heterocycles. The zero-order valence-electron chi connectivity index (χ0n) is 16.8. The van der Waals surface area contributed by atoms with Crippen molar-refractivity contribution in [3.8, 4) is 11.9 Å². The summed E-state index contributed by atoms with van der Waals surface area (Å²) in [6, 6.07) is 9.67. The average Bonchev–Trinajstić information content (AvgIpc) is 3.02. The number of aromatic nitrogens is 2. The molecule has 0 fully saturated rings. The van der Waals surface area contributed by atoms with Crippen LogP contribution in [-0.4, -0.2) is 27.7 Å². The van der Waals surface area contributed by atoms with Crippen molar-refractivity contribution in [1.82, 2.24) is 10.2 Å². The van der Waals surface area contributed by atoms with E-state index in [1.54, 1.807) is 26.8 Å². The van der Waals surface area contributed by atoms with Crippen molar-refractivity contribution in [3.63, 3.8) is 0 Å². The third kappa shape index (κ3) is 4.43. The van der Waals surface area contributed by atoms with Crippen LogP contribution in [0.15, 0.2) is 29.3 Å². The van der Waals surface area contributed by atoms with Gasteiger partial charge in [0.2, 0.25) is 0 Å². The van der Waals surface area contributed by atoms with E-state index in [0.717, 1.165) is 17.7 Å². The molecule has 0 bridgehead atoms. The maximum atomic E-state index is 12.2. The first-order valence-electron chi connectivity index (χ1n) is 9.45. The van der Waals surface area contributed by atoms with Gasteiger partial charge in [-0.15, -0.1) is 5.10 Å². The smallest absolute Gasteiger partial charge is 0.428 e. The number of benzene rings is 1. The van der Waals surface area contributed by atoms with Crippen molar-refractivity contribution in [1.29, 1.82) is 5.26 Å². The molecule has 0 radical (unpaired) electrons. The maximum Gasteiger partial charge on any atom is 0.515 e. The Morgan fingerprint density at radius 2 is 2.07 bits per heavy atom. The Kier molecular flexibility index (Phi) is 5.94. The summed E-state index contributed by atoms with van der Waals surface area (Å²) in [5.74, 6) is -0.526. The number of halogens is 1. The zero-order chi connectivity index (χ0) is 21.2. The van der Waals surface area contributed by atoms with Crippen molar-refractivity contribution in [2.24, 2.45) is 10.9 Å². The molecular formula is C21H23ClN4O3. The van der Waals surface area contributed by atoms with Gasteiger partial charge >= 0.3 is 6.16 Å². The van der Waals surface area contributed by atoms with Gasteiger partial charge in [0.25, 0.3) is 5.88 Å². The Labute approximate surface area is 174 Å². The maximum absolute atomic E-state index is 12.2. The van der Waals surface area contributed by atoms with E-state index >= 15 is 0 Å². The number of carbonyl (C=O) groups is 1. The Morgan fingerprint density at radius 1 is 1.34 bits per heavy atom. The number of rotatable bonds is 4. The number of hydrogen-bond acceptors (Lipinski definition) is 6. The highest BCUT2D eigenvalue weighted by atomic mass is 35.5. The monoisotopic (exact) mass is 414 g/mol. The summed E-state index contributed by atoms with van der Waals surface area (Å²) in [6.07, 6.45) is 0.637. The molecule has 2 heterocycles. The Bertz CT molecular complexity index is 985. The van der Waals surface area contributed by atoms with Gasteiger partial charge in [-0.1, -0.05) is 43.1 Å². The van der Waals surface area contributed by atoms with Gasteiger partial charge in [0.1, 0.15) is 5.60 Å². The second kappa shape index (κ2) is 8.26. The summed E-state index contributed by atoms with van der Waals surface area (Å²) in [4.78, 5) is 16.8. The number of nitrogens with one attached hydrogen (secondary N) is 1. The van der Waals surface area contributed by atoms with Gasteiger partial charge in [-0.3, -0.25) is 5.10 Å². The fraction of sp³-hybridized carbons (Fsp3) is 0.429. The Morgan fingerprint density at radius 3 is 2.69 bits per heavy atom. The summed E-state index contributed by atoms with van der Waals surface area (Å²) in [5.41, 5.74) is 1.31. The van der Waals surface area contributed by atoms with E-state index in [-0.39, 0.29) is 5.88 Å². The lowest BCUT2D eigenvalue weighted by Gasteiger charge is -2.28. The molecule has 1 aliphatic heterocycles. The summed E-state index contributed by atoms with van der Waals surface area (Å²) in [5, 5.41) is 17.4. The molecule has 0 aliphatic carbocycles. The quantitative estimate of drug-likeness (QED) is 0.662. The van der Waals surface area contributed by atoms with Crippen molar-refractivity contribution >= 4 is 29.3 Å². The van der Waals surface area contributed by atoms with E-state index in [1.165, 1.54) is 0 Å².